The number of carbonyl (C=O) groups excluding carboxylic acids is 1. The Morgan fingerprint density at radius 1 is 1.04 bits per heavy atom. The zero-order valence-corrected chi connectivity index (χ0v) is 12.3. The molecule has 0 aliphatic rings. The lowest BCUT2D eigenvalue weighted by atomic mass is 10.2. The van der Waals surface area contributed by atoms with E-state index in [1.165, 1.54) is 0 Å². The van der Waals surface area contributed by atoms with Crippen LogP contribution in [0.1, 0.15) is 22.1 Å². The lowest BCUT2D eigenvalue weighted by Gasteiger charge is -2.02. The van der Waals surface area contributed by atoms with Crippen LogP contribution < -0.4 is 10.1 Å². The highest BCUT2D eigenvalue weighted by Gasteiger charge is 2.09. The van der Waals surface area contributed by atoms with Gasteiger partial charge in [0.1, 0.15) is 5.75 Å². The summed E-state index contributed by atoms with van der Waals surface area (Å²) in [5.41, 5.74) is 0.587. The van der Waals surface area contributed by atoms with Crippen LogP contribution >= 0.6 is 0 Å². The third-order valence-corrected chi connectivity index (χ3v) is 3.06. The van der Waals surface area contributed by atoms with Crippen LogP contribution in [-0.2, 0) is 13.2 Å². The Labute approximate surface area is 133 Å². The molecule has 6 heteroatoms. The van der Waals surface area contributed by atoms with Gasteiger partial charge in [-0.3, -0.25) is 4.79 Å². The summed E-state index contributed by atoms with van der Waals surface area (Å²) in [7, 11) is 0. The van der Waals surface area contributed by atoms with Crippen LogP contribution in [-0.4, -0.2) is 16.0 Å². The van der Waals surface area contributed by atoms with Crippen molar-refractivity contribution < 1.29 is 14.1 Å². The largest absolute Gasteiger partial charge is 0.484 e. The van der Waals surface area contributed by atoms with Gasteiger partial charge < -0.3 is 14.6 Å². The minimum Gasteiger partial charge on any atom is -0.484 e. The van der Waals surface area contributed by atoms with Gasteiger partial charge in [-0.25, -0.2) is 0 Å². The standard InChI is InChI=1S/C17H15N3O3/c21-17(13-7-3-1-4-8-13)18-11-15-19-16(23-20-15)12-22-14-9-5-2-6-10-14/h1-10H,11-12H2,(H,18,21). The summed E-state index contributed by atoms with van der Waals surface area (Å²) in [6, 6.07) is 18.3. The first kappa shape index (κ1) is 14.8. The Morgan fingerprint density at radius 2 is 1.74 bits per heavy atom. The molecule has 0 radical (unpaired) electrons. The molecular formula is C17H15N3O3. The van der Waals surface area contributed by atoms with Crippen LogP contribution in [0, 0.1) is 0 Å². The molecule has 1 amide bonds. The predicted molar refractivity (Wildman–Crippen MR) is 82.7 cm³/mol. The third kappa shape index (κ3) is 4.16. The van der Waals surface area contributed by atoms with Crippen molar-refractivity contribution in [3.05, 3.63) is 77.9 Å². The van der Waals surface area contributed by atoms with E-state index in [1.54, 1.807) is 12.1 Å². The van der Waals surface area contributed by atoms with Crippen molar-refractivity contribution in [2.75, 3.05) is 0 Å². The molecule has 1 aromatic heterocycles. The highest BCUT2D eigenvalue weighted by Crippen LogP contribution is 2.10. The highest BCUT2D eigenvalue weighted by molar-refractivity contribution is 5.93. The fourth-order valence-electron chi connectivity index (χ4n) is 1.93. The van der Waals surface area contributed by atoms with Gasteiger partial charge in [0.25, 0.3) is 11.8 Å². The van der Waals surface area contributed by atoms with E-state index < -0.39 is 0 Å². The van der Waals surface area contributed by atoms with Crippen LogP contribution in [0.3, 0.4) is 0 Å². The lowest BCUT2D eigenvalue weighted by Crippen LogP contribution is -2.23. The van der Waals surface area contributed by atoms with Crippen LogP contribution in [0.5, 0.6) is 5.75 Å². The number of nitrogens with one attached hydrogen (secondary N) is 1. The summed E-state index contributed by atoms with van der Waals surface area (Å²) in [6.07, 6.45) is 0. The van der Waals surface area contributed by atoms with Crippen molar-refractivity contribution in [1.82, 2.24) is 15.5 Å². The second-order valence-electron chi connectivity index (χ2n) is 4.75. The van der Waals surface area contributed by atoms with E-state index in [9.17, 15) is 4.79 Å². The van der Waals surface area contributed by atoms with Gasteiger partial charge >= 0.3 is 0 Å². The number of rotatable bonds is 6. The van der Waals surface area contributed by atoms with Crippen molar-refractivity contribution >= 4 is 5.91 Å². The minimum absolute atomic E-state index is 0.183. The second-order valence-corrected chi connectivity index (χ2v) is 4.75. The van der Waals surface area contributed by atoms with Gasteiger partial charge in [0.05, 0.1) is 6.54 Å². The molecule has 0 spiro atoms. The van der Waals surface area contributed by atoms with E-state index in [1.807, 2.05) is 48.5 Å². The number of hydrogen-bond acceptors (Lipinski definition) is 5. The van der Waals surface area contributed by atoms with Crippen molar-refractivity contribution in [3.8, 4) is 5.75 Å². The topological polar surface area (TPSA) is 77.2 Å². The molecule has 0 saturated carbocycles. The highest BCUT2D eigenvalue weighted by atomic mass is 16.5. The monoisotopic (exact) mass is 309 g/mol. The third-order valence-electron chi connectivity index (χ3n) is 3.06. The Hall–Kier alpha value is -3.15. The fraction of sp³-hybridized carbons (Fsp3) is 0.118. The number of benzene rings is 2. The van der Waals surface area contributed by atoms with Gasteiger partial charge in [0.15, 0.2) is 12.4 Å². The quantitative estimate of drug-likeness (QED) is 0.757. The molecular weight excluding hydrogens is 294 g/mol. The van der Waals surface area contributed by atoms with Crippen LogP contribution in [0.4, 0.5) is 0 Å². The van der Waals surface area contributed by atoms with E-state index in [0.29, 0.717) is 17.3 Å². The number of hydrogen-bond donors (Lipinski definition) is 1. The summed E-state index contributed by atoms with van der Waals surface area (Å²) in [5.74, 6) is 1.31. The SMILES string of the molecule is O=C(NCc1noc(COc2ccccc2)n1)c1ccccc1. The Balaban J connectivity index is 1.50. The summed E-state index contributed by atoms with van der Waals surface area (Å²) in [5, 5.41) is 6.55. The molecule has 0 atom stereocenters. The predicted octanol–water partition coefficient (Wildman–Crippen LogP) is 2.58. The molecule has 6 nitrogen and oxygen atoms in total. The van der Waals surface area contributed by atoms with Gasteiger partial charge in [-0.15, -0.1) is 0 Å². The van der Waals surface area contributed by atoms with Crippen LogP contribution in [0.25, 0.3) is 0 Å². The Bertz CT molecular complexity index is 757. The number of nitrogens with zero attached hydrogens (tertiary/aromatic N) is 2. The number of carbonyl (C=O) groups is 1. The molecule has 1 heterocycles. The molecule has 0 saturated heterocycles. The summed E-state index contributed by atoms with van der Waals surface area (Å²) >= 11 is 0. The first-order chi connectivity index (χ1) is 11.3. The molecule has 0 unspecified atom stereocenters. The first-order valence-electron chi connectivity index (χ1n) is 7.14. The molecule has 0 aliphatic heterocycles. The molecule has 0 fully saturated rings. The van der Waals surface area contributed by atoms with Gasteiger partial charge in [-0.1, -0.05) is 41.6 Å². The average Bonchev–Trinajstić information content (AvgIpc) is 3.07. The number of ether oxygens (including phenoxy) is 1. The smallest absolute Gasteiger partial charge is 0.264 e. The molecule has 3 aromatic rings. The van der Waals surface area contributed by atoms with E-state index in [4.69, 9.17) is 9.26 Å². The van der Waals surface area contributed by atoms with E-state index >= 15 is 0 Å². The Kier molecular flexibility index (Phi) is 4.63. The summed E-state index contributed by atoms with van der Waals surface area (Å²) < 4.78 is 10.6. The van der Waals surface area contributed by atoms with Gasteiger partial charge in [-0.05, 0) is 24.3 Å². The molecule has 23 heavy (non-hydrogen) atoms. The fourth-order valence-corrected chi connectivity index (χ4v) is 1.93. The second kappa shape index (κ2) is 7.22. The van der Waals surface area contributed by atoms with Gasteiger partial charge in [-0.2, -0.15) is 4.98 Å². The number of aromatic nitrogens is 2. The van der Waals surface area contributed by atoms with E-state index in [0.717, 1.165) is 5.75 Å². The summed E-state index contributed by atoms with van der Waals surface area (Å²) in [6.45, 7) is 0.381. The normalized spacial score (nSPS) is 10.3. The summed E-state index contributed by atoms with van der Waals surface area (Å²) in [4.78, 5) is 16.1. The molecule has 0 aliphatic carbocycles. The van der Waals surface area contributed by atoms with Gasteiger partial charge in [0.2, 0.25) is 0 Å². The van der Waals surface area contributed by atoms with Crippen molar-refractivity contribution in [2.24, 2.45) is 0 Å². The first-order valence-corrected chi connectivity index (χ1v) is 7.14. The van der Waals surface area contributed by atoms with Crippen molar-refractivity contribution in [2.45, 2.75) is 13.2 Å². The lowest BCUT2D eigenvalue weighted by molar-refractivity contribution is 0.0949. The molecule has 2 aromatic carbocycles. The Morgan fingerprint density at radius 3 is 2.48 bits per heavy atom. The van der Waals surface area contributed by atoms with E-state index in [-0.39, 0.29) is 19.1 Å². The van der Waals surface area contributed by atoms with Crippen molar-refractivity contribution in [1.29, 1.82) is 0 Å². The van der Waals surface area contributed by atoms with Crippen molar-refractivity contribution in [3.63, 3.8) is 0 Å². The molecule has 116 valence electrons. The maximum atomic E-state index is 11.9. The van der Waals surface area contributed by atoms with Crippen LogP contribution in [0.2, 0.25) is 0 Å². The average molecular weight is 309 g/mol. The van der Waals surface area contributed by atoms with E-state index in [2.05, 4.69) is 15.5 Å². The zero-order chi connectivity index (χ0) is 15.9. The molecule has 1 N–H and O–H groups in total. The molecule has 0 bridgehead atoms. The molecule has 3 rings (SSSR count). The number of amides is 1. The number of para-hydroxylation sites is 1. The zero-order valence-electron chi connectivity index (χ0n) is 12.3. The maximum absolute atomic E-state index is 11.9. The van der Waals surface area contributed by atoms with Crippen LogP contribution in [0.15, 0.2) is 65.2 Å². The minimum atomic E-state index is -0.183. The van der Waals surface area contributed by atoms with Gasteiger partial charge in [0, 0.05) is 5.56 Å². The maximum Gasteiger partial charge on any atom is 0.264 e.